The van der Waals surface area contributed by atoms with Gasteiger partial charge >= 0.3 is 0 Å². The molecule has 3 atom stereocenters. The number of nitrogens with two attached hydrogens (primary N) is 1. The van der Waals surface area contributed by atoms with Crippen molar-refractivity contribution < 1.29 is 28.6 Å². The van der Waals surface area contributed by atoms with E-state index < -0.39 is 30.1 Å². The van der Waals surface area contributed by atoms with Gasteiger partial charge in [-0.15, -0.1) is 0 Å². The Labute approximate surface area is 310 Å². The molecule has 3 amide bonds. The average molecular weight is 734 g/mol. The maximum Gasteiger partial charge on any atom is 0.255 e. The number of amides is 3. The number of rotatable bonds is 4. The largest absolute Gasteiger partial charge is 0.482 e. The molecule has 14 nitrogen and oxygen atoms in total. The highest BCUT2D eigenvalue weighted by atomic mass is 19.1. The third-order valence-corrected chi connectivity index (χ3v) is 11.0. The molecule has 278 valence electrons. The van der Waals surface area contributed by atoms with Crippen LogP contribution in [0.15, 0.2) is 48.7 Å². The molecule has 54 heavy (non-hydrogen) atoms. The smallest absolute Gasteiger partial charge is 0.255 e. The van der Waals surface area contributed by atoms with Gasteiger partial charge in [0.1, 0.15) is 36.0 Å². The number of nitrogens with zero attached hydrogens (tertiary/aromatic N) is 7. The molecule has 0 spiro atoms. The van der Waals surface area contributed by atoms with Gasteiger partial charge in [0, 0.05) is 73.2 Å². The van der Waals surface area contributed by atoms with Crippen molar-refractivity contribution in [2.75, 3.05) is 25.9 Å². The van der Waals surface area contributed by atoms with E-state index in [0.717, 1.165) is 37.1 Å². The predicted molar refractivity (Wildman–Crippen MR) is 192 cm³/mol. The molecule has 8 rings (SSSR count). The zero-order valence-electron chi connectivity index (χ0n) is 30.0. The van der Waals surface area contributed by atoms with E-state index in [1.807, 2.05) is 18.2 Å². The molecule has 4 aromatic rings. The Kier molecular flexibility index (Phi) is 9.13. The lowest BCUT2D eigenvalue weighted by molar-refractivity contribution is -0.136. The number of ether oxygens (including phenoxy) is 1. The van der Waals surface area contributed by atoms with Crippen LogP contribution in [0.5, 0.6) is 5.75 Å². The van der Waals surface area contributed by atoms with E-state index in [2.05, 4.69) is 21.3 Å². The number of aliphatic hydroxyl groups excluding tert-OH is 1. The number of anilines is 1. The lowest BCUT2D eigenvalue weighted by Gasteiger charge is -2.32. The van der Waals surface area contributed by atoms with E-state index in [9.17, 15) is 29.1 Å². The number of carbonyl (C=O) groups is 3. The summed E-state index contributed by atoms with van der Waals surface area (Å²) in [5.74, 6) is -0.985. The predicted octanol–water partition coefficient (Wildman–Crippen LogP) is 3.71. The van der Waals surface area contributed by atoms with Gasteiger partial charge in [-0.05, 0) is 68.6 Å². The van der Waals surface area contributed by atoms with Crippen LogP contribution in [-0.2, 0) is 29.2 Å². The molecule has 2 aromatic heterocycles. The van der Waals surface area contributed by atoms with Crippen molar-refractivity contribution in [3.8, 4) is 22.9 Å². The van der Waals surface area contributed by atoms with E-state index in [0.29, 0.717) is 58.7 Å². The van der Waals surface area contributed by atoms with Gasteiger partial charge in [0.15, 0.2) is 11.6 Å². The molecule has 4 N–H and O–H groups in total. The quantitative estimate of drug-likeness (QED) is 0.260. The van der Waals surface area contributed by atoms with Crippen LogP contribution in [0, 0.1) is 17.1 Å². The first kappa shape index (κ1) is 35.3. The maximum absolute atomic E-state index is 14.4. The summed E-state index contributed by atoms with van der Waals surface area (Å²) >= 11 is 0. The summed E-state index contributed by atoms with van der Waals surface area (Å²) in [5, 5.41) is 29.5. The number of nitriles is 1. The number of benzene rings is 2. The molecule has 2 unspecified atom stereocenters. The van der Waals surface area contributed by atoms with Crippen molar-refractivity contribution >= 4 is 23.5 Å². The molecule has 4 aliphatic heterocycles. The van der Waals surface area contributed by atoms with Gasteiger partial charge in [0.2, 0.25) is 11.8 Å². The van der Waals surface area contributed by atoms with Gasteiger partial charge in [-0.1, -0.05) is 18.2 Å². The van der Waals surface area contributed by atoms with E-state index in [-0.39, 0.29) is 42.4 Å². The summed E-state index contributed by atoms with van der Waals surface area (Å²) in [6.45, 7) is 4.41. The lowest BCUT2D eigenvalue weighted by atomic mass is 9.99. The number of halogens is 1. The van der Waals surface area contributed by atoms with E-state index >= 15 is 0 Å². The second kappa shape index (κ2) is 13.9. The Morgan fingerprint density at radius 3 is 2.63 bits per heavy atom. The standard InChI is InChI=1S/C39H40FN9O5/c1-21-29-15-25(40)4-6-28(29)38(52)46(2)20-30-35(23-14-33(54-21)36(42)43-17-23)32(16-41)49(45-30)26-9-11-47(12-10-26)18-22-3-5-27-24(13-22)19-48(39(27)53)31-7-8-34(50)44-37(31)51/h3-6,13-15,17,21,26,31,38,52H,7-12,18-20H2,1-2H3,(H2,42,43)(H,44,50,51)/t21-,31?,38?/m1/s1. The van der Waals surface area contributed by atoms with Crippen LogP contribution in [0.3, 0.4) is 0 Å². The molecule has 4 aliphatic rings. The highest BCUT2D eigenvalue weighted by molar-refractivity contribution is 6.05. The van der Waals surface area contributed by atoms with Gasteiger partial charge in [0.25, 0.3) is 5.91 Å². The fourth-order valence-electron chi connectivity index (χ4n) is 8.21. The Balaban J connectivity index is 1.02. The highest BCUT2D eigenvalue weighted by Crippen LogP contribution is 2.39. The first-order valence-corrected chi connectivity index (χ1v) is 18.1. The number of carbonyl (C=O) groups excluding carboxylic acids is 3. The molecule has 15 heteroatoms. The number of hydrogen-bond donors (Lipinski definition) is 3. The third-order valence-electron chi connectivity index (χ3n) is 11.0. The number of imide groups is 1. The minimum Gasteiger partial charge on any atom is -0.482 e. The molecule has 0 radical (unpaired) electrons. The van der Waals surface area contributed by atoms with Crippen LogP contribution in [0.2, 0.25) is 0 Å². The van der Waals surface area contributed by atoms with Crippen molar-refractivity contribution in [3.63, 3.8) is 0 Å². The topological polar surface area (TPSA) is 183 Å². The van der Waals surface area contributed by atoms with Gasteiger partial charge in [-0.25, -0.2) is 9.37 Å². The summed E-state index contributed by atoms with van der Waals surface area (Å²) < 4.78 is 22.4. The van der Waals surface area contributed by atoms with Crippen molar-refractivity contribution in [3.05, 3.63) is 93.7 Å². The van der Waals surface area contributed by atoms with Gasteiger partial charge in [0.05, 0.1) is 11.7 Å². The van der Waals surface area contributed by atoms with Crippen LogP contribution < -0.4 is 15.8 Å². The lowest BCUT2D eigenvalue weighted by Crippen LogP contribution is -2.52. The highest BCUT2D eigenvalue weighted by Gasteiger charge is 2.39. The zero-order chi connectivity index (χ0) is 37.8. The summed E-state index contributed by atoms with van der Waals surface area (Å²) in [6.07, 6.45) is 1.78. The van der Waals surface area contributed by atoms with Crippen molar-refractivity contribution in [2.24, 2.45) is 0 Å². The number of aliphatic hydroxyl groups is 1. The minimum absolute atomic E-state index is 0.0739. The van der Waals surface area contributed by atoms with Gasteiger partial charge in [-0.3, -0.25) is 34.2 Å². The van der Waals surface area contributed by atoms with E-state index in [4.69, 9.17) is 15.6 Å². The molecule has 2 bridgehead atoms. The van der Waals surface area contributed by atoms with E-state index in [1.165, 1.54) is 12.1 Å². The van der Waals surface area contributed by atoms with Crippen LogP contribution in [0.4, 0.5) is 10.2 Å². The minimum atomic E-state index is -1.12. The van der Waals surface area contributed by atoms with E-state index in [1.54, 1.807) is 46.8 Å². The van der Waals surface area contributed by atoms with Gasteiger partial charge < -0.3 is 20.5 Å². The molecular weight excluding hydrogens is 693 g/mol. The third kappa shape index (κ3) is 6.36. The molecule has 0 saturated carbocycles. The van der Waals surface area contributed by atoms with Crippen LogP contribution in [-0.4, -0.2) is 78.5 Å². The summed E-state index contributed by atoms with van der Waals surface area (Å²) in [4.78, 5) is 47.3. The second-order valence-corrected chi connectivity index (χ2v) is 14.6. The Morgan fingerprint density at radius 2 is 1.87 bits per heavy atom. The fourth-order valence-corrected chi connectivity index (χ4v) is 8.21. The van der Waals surface area contributed by atoms with Crippen LogP contribution >= 0.6 is 0 Å². The number of hydrogen-bond acceptors (Lipinski definition) is 11. The fraction of sp³-hybridized carbons (Fsp3) is 0.385. The summed E-state index contributed by atoms with van der Waals surface area (Å²) in [7, 11) is 1.75. The summed E-state index contributed by atoms with van der Waals surface area (Å²) in [5.41, 5.74) is 11.8. The van der Waals surface area contributed by atoms with Crippen molar-refractivity contribution in [1.82, 2.24) is 34.8 Å². The maximum atomic E-state index is 14.4. The number of pyridine rings is 1. The monoisotopic (exact) mass is 733 g/mol. The first-order valence-electron chi connectivity index (χ1n) is 18.1. The number of likely N-dealkylation sites (tertiary alicyclic amines) is 1. The molecule has 2 aromatic carbocycles. The van der Waals surface area contributed by atoms with Crippen molar-refractivity contribution in [2.45, 2.75) is 76.7 Å². The molecular formula is C39H40FN9O5. The average Bonchev–Trinajstić information content (AvgIpc) is 3.68. The summed E-state index contributed by atoms with van der Waals surface area (Å²) in [6, 6.07) is 13.4. The Morgan fingerprint density at radius 1 is 1.07 bits per heavy atom. The molecule has 6 heterocycles. The second-order valence-electron chi connectivity index (χ2n) is 14.6. The molecule has 0 aliphatic carbocycles. The number of nitrogens with one attached hydrogen (secondary N) is 1. The first-order chi connectivity index (χ1) is 26.0. The number of piperidine rings is 2. The van der Waals surface area contributed by atoms with Crippen LogP contribution in [0.1, 0.15) is 95.0 Å². The van der Waals surface area contributed by atoms with Crippen molar-refractivity contribution in [1.29, 1.82) is 5.26 Å². The van der Waals surface area contributed by atoms with Crippen LogP contribution in [0.25, 0.3) is 11.1 Å². The Hall–Kier alpha value is -5.69. The number of nitrogen functional groups attached to an aromatic ring is 1. The number of aromatic nitrogens is 3. The van der Waals surface area contributed by atoms with Gasteiger partial charge in [-0.2, -0.15) is 10.4 Å². The SMILES string of the molecule is C[C@H]1Oc2cc(cnc2N)-c2c(nn(C3CCN(Cc4ccc5c(c4)CN(C4CCC(=O)NC4=O)C5=O)CC3)c2C#N)CN(C)C(O)c2ccc(F)cc21. The number of fused-ring (bicyclic) bond motifs is 6. The Bertz CT molecular complexity index is 2230. The molecule has 2 fully saturated rings. The zero-order valence-corrected chi connectivity index (χ0v) is 30.0. The molecule has 2 saturated heterocycles. The normalized spacial score (nSPS) is 22.3.